The van der Waals surface area contributed by atoms with E-state index in [4.69, 9.17) is 0 Å². The minimum atomic E-state index is -4.51. The number of hydrogen-bond donors (Lipinski definition) is 0. The summed E-state index contributed by atoms with van der Waals surface area (Å²) in [5.74, 6) is -8.70. The summed E-state index contributed by atoms with van der Waals surface area (Å²) in [7, 11) is 0. The van der Waals surface area contributed by atoms with Crippen LogP contribution in [0, 0.1) is 0 Å². The van der Waals surface area contributed by atoms with Crippen LogP contribution in [0.4, 0.5) is 22.0 Å². The Kier molecular flexibility index (Phi) is 1.49. The molecule has 0 spiro atoms. The standard InChI is InChI=1S/C6H7F5/c1-4(7)2-3-5(8,9)6(4,10)11/h2-3H2,1H3. The van der Waals surface area contributed by atoms with Gasteiger partial charge < -0.3 is 0 Å². The van der Waals surface area contributed by atoms with E-state index in [-0.39, 0.29) is 0 Å². The van der Waals surface area contributed by atoms with Gasteiger partial charge in [-0.05, 0) is 13.3 Å². The topological polar surface area (TPSA) is 0 Å². The van der Waals surface area contributed by atoms with Gasteiger partial charge in [-0.25, -0.2) is 4.39 Å². The fraction of sp³-hybridized carbons (Fsp3) is 1.00. The molecule has 1 aliphatic carbocycles. The van der Waals surface area contributed by atoms with Crippen LogP contribution in [0.25, 0.3) is 0 Å². The first-order chi connectivity index (χ1) is 4.71. The van der Waals surface area contributed by atoms with Crippen molar-refractivity contribution < 1.29 is 22.0 Å². The first kappa shape index (κ1) is 8.74. The third-order valence-electron chi connectivity index (χ3n) is 2.02. The van der Waals surface area contributed by atoms with E-state index in [1.54, 1.807) is 0 Å². The molecule has 0 heterocycles. The molecule has 0 aromatic carbocycles. The molecule has 1 rings (SSSR count). The third-order valence-corrected chi connectivity index (χ3v) is 2.02. The number of hydrogen-bond acceptors (Lipinski definition) is 0. The average Bonchev–Trinajstić information content (AvgIpc) is 1.93. The maximum Gasteiger partial charge on any atom is 0.342 e. The van der Waals surface area contributed by atoms with E-state index in [2.05, 4.69) is 0 Å². The molecule has 66 valence electrons. The highest BCUT2D eigenvalue weighted by molar-refractivity contribution is 5.06. The van der Waals surface area contributed by atoms with Crippen LogP contribution in [0.5, 0.6) is 0 Å². The molecule has 0 radical (unpaired) electrons. The van der Waals surface area contributed by atoms with Crippen LogP contribution in [0.15, 0.2) is 0 Å². The second-order valence-electron chi connectivity index (χ2n) is 2.98. The van der Waals surface area contributed by atoms with E-state index in [0.29, 0.717) is 6.92 Å². The highest BCUT2D eigenvalue weighted by atomic mass is 19.3. The maximum atomic E-state index is 12.7. The number of halogens is 5. The van der Waals surface area contributed by atoms with E-state index >= 15 is 0 Å². The molecular weight excluding hydrogens is 167 g/mol. The summed E-state index contributed by atoms with van der Waals surface area (Å²) >= 11 is 0. The minimum Gasteiger partial charge on any atom is -0.237 e. The van der Waals surface area contributed by atoms with Crippen LogP contribution < -0.4 is 0 Å². The lowest BCUT2D eigenvalue weighted by molar-refractivity contribution is -0.231. The molecular formula is C6H7F5. The molecule has 1 atom stereocenters. The van der Waals surface area contributed by atoms with Gasteiger partial charge >= 0.3 is 11.8 Å². The monoisotopic (exact) mass is 174 g/mol. The lowest BCUT2D eigenvalue weighted by Crippen LogP contribution is -2.47. The van der Waals surface area contributed by atoms with Crippen LogP contribution in [-0.2, 0) is 0 Å². The highest BCUT2D eigenvalue weighted by Crippen LogP contribution is 2.55. The Hall–Kier alpha value is -0.350. The molecule has 1 aliphatic rings. The second-order valence-corrected chi connectivity index (χ2v) is 2.98. The molecule has 0 amide bonds. The van der Waals surface area contributed by atoms with E-state index < -0.39 is 30.4 Å². The smallest absolute Gasteiger partial charge is 0.237 e. The fourth-order valence-corrected chi connectivity index (χ4v) is 1.09. The third kappa shape index (κ3) is 0.929. The Bertz CT molecular complexity index is 154. The quantitative estimate of drug-likeness (QED) is 0.495. The minimum absolute atomic E-state index is 0.508. The molecule has 0 saturated heterocycles. The van der Waals surface area contributed by atoms with Crippen molar-refractivity contribution in [3.8, 4) is 0 Å². The Balaban J connectivity index is 3.00. The SMILES string of the molecule is CC1(F)CCC(F)(F)C1(F)F. The molecule has 0 bridgehead atoms. The van der Waals surface area contributed by atoms with Crippen molar-refractivity contribution in [1.82, 2.24) is 0 Å². The molecule has 1 fully saturated rings. The van der Waals surface area contributed by atoms with Crippen LogP contribution in [-0.4, -0.2) is 17.5 Å². The van der Waals surface area contributed by atoms with Crippen molar-refractivity contribution in [2.24, 2.45) is 0 Å². The first-order valence-corrected chi connectivity index (χ1v) is 3.15. The Morgan fingerprint density at radius 1 is 0.909 bits per heavy atom. The second kappa shape index (κ2) is 1.87. The van der Waals surface area contributed by atoms with E-state index in [1.807, 2.05) is 0 Å². The van der Waals surface area contributed by atoms with Gasteiger partial charge in [0, 0.05) is 6.42 Å². The van der Waals surface area contributed by atoms with Crippen LogP contribution in [0.3, 0.4) is 0 Å². The molecule has 1 saturated carbocycles. The lowest BCUT2D eigenvalue weighted by Gasteiger charge is -2.25. The van der Waals surface area contributed by atoms with Crippen molar-refractivity contribution in [1.29, 1.82) is 0 Å². The zero-order valence-corrected chi connectivity index (χ0v) is 5.80. The molecule has 0 aromatic heterocycles. The summed E-state index contributed by atoms with van der Waals surface area (Å²) in [4.78, 5) is 0. The maximum absolute atomic E-state index is 12.7. The van der Waals surface area contributed by atoms with Gasteiger partial charge in [-0.1, -0.05) is 0 Å². The van der Waals surface area contributed by atoms with Crippen LogP contribution >= 0.6 is 0 Å². The van der Waals surface area contributed by atoms with Gasteiger partial charge in [-0.2, -0.15) is 17.6 Å². The molecule has 11 heavy (non-hydrogen) atoms. The predicted molar refractivity (Wildman–Crippen MR) is 28.6 cm³/mol. The van der Waals surface area contributed by atoms with Crippen molar-refractivity contribution in [2.45, 2.75) is 37.3 Å². The highest BCUT2D eigenvalue weighted by Gasteiger charge is 2.72. The fourth-order valence-electron chi connectivity index (χ4n) is 1.09. The van der Waals surface area contributed by atoms with Gasteiger partial charge in [0.15, 0.2) is 5.67 Å². The largest absolute Gasteiger partial charge is 0.342 e. The van der Waals surface area contributed by atoms with Gasteiger partial charge in [-0.3, -0.25) is 0 Å². The normalized spacial score (nSPS) is 40.9. The Labute approximate surface area is 60.4 Å². The summed E-state index contributed by atoms with van der Waals surface area (Å²) in [6, 6.07) is 0. The van der Waals surface area contributed by atoms with Crippen molar-refractivity contribution in [3.05, 3.63) is 0 Å². The summed E-state index contributed by atoms with van der Waals surface area (Å²) in [5, 5.41) is 0. The summed E-state index contributed by atoms with van der Waals surface area (Å²) in [5.41, 5.74) is -3.06. The summed E-state index contributed by atoms with van der Waals surface area (Å²) in [6.07, 6.45) is -1.86. The summed E-state index contributed by atoms with van der Waals surface area (Å²) in [6.45, 7) is 0.508. The molecule has 0 aromatic rings. The average molecular weight is 174 g/mol. The van der Waals surface area contributed by atoms with Gasteiger partial charge in [0.2, 0.25) is 0 Å². The van der Waals surface area contributed by atoms with Crippen molar-refractivity contribution in [3.63, 3.8) is 0 Å². The molecule has 1 unspecified atom stereocenters. The Morgan fingerprint density at radius 2 is 1.36 bits per heavy atom. The van der Waals surface area contributed by atoms with Crippen molar-refractivity contribution >= 4 is 0 Å². The summed E-state index contributed by atoms with van der Waals surface area (Å²) < 4.78 is 61.9. The zero-order chi connectivity index (χ0) is 8.91. The molecule has 0 N–H and O–H groups in total. The molecule has 0 aliphatic heterocycles. The van der Waals surface area contributed by atoms with Crippen LogP contribution in [0.1, 0.15) is 19.8 Å². The van der Waals surface area contributed by atoms with Gasteiger partial charge in [0.1, 0.15) is 0 Å². The van der Waals surface area contributed by atoms with Gasteiger partial charge in [-0.15, -0.1) is 0 Å². The number of rotatable bonds is 0. The van der Waals surface area contributed by atoms with E-state index in [0.717, 1.165) is 0 Å². The zero-order valence-electron chi connectivity index (χ0n) is 5.80. The first-order valence-electron chi connectivity index (χ1n) is 3.15. The number of alkyl halides is 5. The van der Waals surface area contributed by atoms with Gasteiger partial charge in [0.05, 0.1) is 0 Å². The van der Waals surface area contributed by atoms with E-state index in [1.165, 1.54) is 0 Å². The van der Waals surface area contributed by atoms with E-state index in [9.17, 15) is 22.0 Å². The lowest BCUT2D eigenvalue weighted by atomic mass is 10.0. The Morgan fingerprint density at radius 3 is 1.45 bits per heavy atom. The predicted octanol–water partition coefficient (Wildman–Crippen LogP) is 2.78. The molecule has 0 nitrogen and oxygen atoms in total. The molecule has 5 heteroatoms. The van der Waals surface area contributed by atoms with Gasteiger partial charge in [0.25, 0.3) is 0 Å². The van der Waals surface area contributed by atoms with Crippen molar-refractivity contribution in [2.75, 3.05) is 0 Å². The van der Waals surface area contributed by atoms with Crippen LogP contribution in [0.2, 0.25) is 0 Å².